The number of H-pyrrole nitrogens is 1. The summed E-state index contributed by atoms with van der Waals surface area (Å²) in [5, 5.41) is 3.01. The number of hydrogen-bond donors (Lipinski definition) is 1. The SMILES string of the molecule is c1cnc2c(c1)ncc1nc3nc[nH]n3c12. The Balaban J connectivity index is 2.41. The maximum Gasteiger partial charge on any atom is 0.251 e. The normalized spacial score (nSPS) is 11.8. The number of hydrogen-bond acceptors (Lipinski definition) is 4. The lowest BCUT2D eigenvalue weighted by Gasteiger charge is -1.96. The molecule has 0 radical (unpaired) electrons. The van der Waals surface area contributed by atoms with Gasteiger partial charge in [-0.25, -0.2) is 14.5 Å². The zero-order valence-corrected chi connectivity index (χ0v) is 8.12. The fourth-order valence-corrected chi connectivity index (χ4v) is 1.91. The molecule has 0 aliphatic rings. The van der Waals surface area contributed by atoms with Gasteiger partial charge in [0.15, 0.2) is 0 Å². The molecule has 4 heterocycles. The molecule has 0 atom stereocenters. The van der Waals surface area contributed by atoms with Crippen LogP contribution in [-0.2, 0) is 0 Å². The van der Waals surface area contributed by atoms with Crippen molar-refractivity contribution in [2.24, 2.45) is 0 Å². The second-order valence-corrected chi connectivity index (χ2v) is 3.50. The van der Waals surface area contributed by atoms with E-state index >= 15 is 0 Å². The number of aromatic amines is 1. The molecule has 0 spiro atoms. The third-order valence-electron chi connectivity index (χ3n) is 2.59. The van der Waals surface area contributed by atoms with Crippen molar-refractivity contribution in [1.82, 2.24) is 29.5 Å². The fraction of sp³-hybridized carbons (Fsp3) is 0. The van der Waals surface area contributed by atoms with E-state index in [-0.39, 0.29) is 0 Å². The van der Waals surface area contributed by atoms with Crippen molar-refractivity contribution in [3.8, 4) is 0 Å². The third kappa shape index (κ3) is 0.813. The average Bonchev–Trinajstić information content (AvgIpc) is 2.88. The number of nitrogens with zero attached hydrogens (tertiary/aromatic N) is 5. The van der Waals surface area contributed by atoms with Crippen molar-refractivity contribution >= 4 is 27.8 Å². The van der Waals surface area contributed by atoms with E-state index in [4.69, 9.17) is 0 Å². The van der Waals surface area contributed by atoms with Crippen LogP contribution in [0.2, 0.25) is 0 Å². The second-order valence-electron chi connectivity index (χ2n) is 3.50. The minimum Gasteiger partial charge on any atom is -0.280 e. The van der Waals surface area contributed by atoms with Gasteiger partial charge in [-0.3, -0.25) is 15.1 Å². The molecule has 0 unspecified atom stereocenters. The van der Waals surface area contributed by atoms with Crippen molar-refractivity contribution in [1.29, 1.82) is 0 Å². The molecule has 0 aliphatic heterocycles. The van der Waals surface area contributed by atoms with E-state index in [2.05, 4.69) is 25.0 Å². The zero-order valence-electron chi connectivity index (χ0n) is 8.12. The Labute approximate surface area is 89.0 Å². The van der Waals surface area contributed by atoms with Gasteiger partial charge in [0, 0.05) is 6.20 Å². The first-order valence-corrected chi connectivity index (χ1v) is 4.85. The molecular formula is C10H6N6. The summed E-state index contributed by atoms with van der Waals surface area (Å²) in [6.45, 7) is 0. The largest absolute Gasteiger partial charge is 0.280 e. The second kappa shape index (κ2) is 2.54. The highest BCUT2D eigenvalue weighted by atomic mass is 15.3. The summed E-state index contributed by atoms with van der Waals surface area (Å²) in [5.74, 6) is 0.634. The summed E-state index contributed by atoms with van der Waals surface area (Å²) in [7, 11) is 0. The summed E-state index contributed by atoms with van der Waals surface area (Å²) in [5.41, 5.74) is 3.40. The molecule has 4 aromatic rings. The van der Waals surface area contributed by atoms with Gasteiger partial charge in [0.05, 0.1) is 11.7 Å². The number of aromatic nitrogens is 6. The average molecular weight is 210 g/mol. The smallest absolute Gasteiger partial charge is 0.251 e. The van der Waals surface area contributed by atoms with Crippen LogP contribution in [0.1, 0.15) is 0 Å². The van der Waals surface area contributed by atoms with Crippen molar-refractivity contribution in [3.05, 3.63) is 30.9 Å². The van der Waals surface area contributed by atoms with E-state index in [1.54, 1.807) is 18.7 Å². The van der Waals surface area contributed by atoms with Crippen LogP contribution in [0.25, 0.3) is 27.8 Å². The van der Waals surface area contributed by atoms with E-state index in [9.17, 15) is 0 Å². The summed E-state index contributed by atoms with van der Waals surface area (Å²) >= 11 is 0. The Morgan fingerprint density at radius 2 is 2.12 bits per heavy atom. The molecule has 4 rings (SSSR count). The Bertz CT molecular complexity index is 812. The Morgan fingerprint density at radius 1 is 1.12 bits per heavy atom. The van der Waals surface area contributed by atoms with Crippen molar-refractivity contribution in [2.75, 3.05) is 0 Å². The summed E-state index contributed by atoms with van der Waals surface area (Å²) < 4.78 is 1.81. The number of imidazole rings is 1. The molecule has 0 aromatic carbocycles. The van der Waals surface area contributed by atoms with Gasteiger partial charge in [0.25, 0.3) is 5.78 Å². The molecule has 6 heteroatoms. The minimum absolute atomic E-state index is 0.634. The molecule has 6 nitrogen and oxygen atoms in total. The van der Waals surface area contributed by atoms with Crippen LogP contribution in [-0.4, -0.2) is 29.5 Å². The van der Waals surface area contributed by atoms with Gasteiger partial charge >= 0.3 is 0 Å². The third-order valence-corrected chi connectivity index (χ3v) is 2.59. The number of nitrogens with one attached hydrogen (secondary N) is 1. The van der Waals surface area contributed by atoms with Gasteiger partial charge in [-0.15, -0.1) is 0 Å². The van der Waals surface area contributed by atoms with E-state index < -0.39 is 0 Å². The molecule has 16 heavy (non-hydrogen) atoms. The molecule has 4 aromatic heterocycles. The van der Waals surface area contributed by atoms with Crippen LogP contribution in [0.15, 0.2) is 30.9 Å². The van der Waals surface area contributed by atoms with Crippen molar-refractivity contribution in [2.45, 2.75) is 0 Å². The zero-order chi connectivity index (χ0) is 10.5. The maximum absolute atomic E-state index is 4.34. The highest BCUT2D eigenvalue weighted by Crippen LogP contribution is 2.20. The summed E-state index contributed by atoms with van der Waals surface area (Å²) in [6.07, 6.45) is 5.10. The first-order chi connectivity index (χ1) is 7.93. The summed E-state index contributed by atoms with van der Waals surface area (Å²) in [6, 6.07) is 3.80. The lowest BCUT2D eigenvalue weighted by atomic mass is 10.3. The van der Waals surface area contributed by atoms with Crippen LogP contribution in [0.3, 0.4) is 0 Å². The maximum atomic E-state index is 4.34. The quantitative estimate of drug-likeness (QED) is 0.472. The summed E-state index contributed by atoms with van der Waals surface area (Å²) in [4.78, 5) is 17.1. The fourth-order valence-electron chi connectivity index (χ4n) is 1.91. The van der Waals surface area contributed by atoms with E-state index in [0.717, 1.165) is 22.1 Å². The van der Waals surface area contributed by atoms with Crippen molar-refractivity contribution < 1.29 is 0 Å². The topological polar surface area (TPSA) is 71.8 Å². The van der Waals surface area contributed by atoms with E-state index in [1.165, 1.54) is 0 Å². The van der Waals surface area contributed by atoms with E-state index in [0.29, 0.717) is 5.78 Å². The van der Waals surface area contributed by atoms with Gasteiger partial charge in [-0.05, 0) is 12.1 Å². The molecule has 0 saturated carbocycles. The molecule has 0 aliphatic carbocycles. The molecule has 0 fully saturated rings. The monoisotopic (exact) mass is 210 g/mol. The van der Waals surface area contributed by atoms with Crippen molar-refractivity contribution in [3.63, 3.8) is 0 Å². The highest BCUT2D eigenvalue weighted by molar-refractivity contribution is 6.00. The molecule has 0 saturated heterocycles. The lowest BCUT2D eigenvalue weighted by Crippen LogP contribution is -1.88. The number of rotatable bonds is 0. The van der Waals surface area contributed by atoms with Gasteiger partial charge in [0.1, 0.15) is 22.9 Å². The van der Waals surface area contributed by atoms with E-state index in [1.807, 2.05) is 16.6 Å². The predicted molar refractivity (Wildman–Crippen MR) is 57.9 cm³/mol. The molecule has 1 N–H and O–H groups in total. The Morgan fingerprint density at radius 3 is 3.12 bits per heavy atom. The van der Waals surface area contributed by atoms with Crippen LogP contribution in [0.4, 0.5) is 0 Å². The lowest BCUT2D eigenvalue weighted by molar-refractivity contribution is 1.01. The Hall–Kier alpha value is -2.50. The van der Waals surface area contributed by atoms with Gasteiger partial charge in [-0.1, -0.05) is 0 Å². The standard InChI is InChI=1S/C10H6N6/c1-2-6-8(11-3-1)9-7(4-12-6)15-10-13-5-14-16(9)10/h1-5H,(H,13,14,15). The molecule has 76 valence electrons. The first-order valence-electron chi connectivity index (χ1n) is 4.85. The predicted octanol–water partition coefficient (Wildman–Crippen LogP) is 1.15. The van der Waals surface area contributed by atoms with Gasteiger partial charge in [-0.2, -0.15) is 0 Å². The van der Waals surface area contributed by atoms with Crippen LogP contribution in [0, 0.1) is 0 Å². The first kappa shape index (κ1) is 7.75. The van der Waals surface area contributed by atoms with Gasteiger partial charge < -0.3 is 0 Å². The van der Waals surface area contributed by atoms with Crippen LogP contribution >= 0.6 is 0 Å². The van der Waals surface area contributed by atoms with Gasteiger partial charge in [0.2, 0.25) is 0 Å². The molecule has 0 bridgehead atoms. The van der Waals surface area contributed by atoms with Crippen LogP contribution < -0.4 is 0 Å². The minimum atomic E-state index is 0.634. The Kier molecular flexibility index (Phi) is 1.23. The molecular weight excluding hydrogens is 204 g/mol. The highest BCUT2D eigenvalue weighted by Gasteiger charge is 2.10. The van der Waals surface area contributed by atoms with Crippen LogP contribution in [0.5, 0.6) is 0 Å². The number of fused-ring (bicyclic) bond motifs is 5. The molecule has 0 amide bonds. The number of pyridine rings is 2.